The van der Waals surface area contributed by atoms with Gasteiger partial charge in [-0.1, -0.05) is 15.9 Å². The lowest BCUT2D eigenvalue weighted by molar-refractivity contribution is 0.104. The number of nitrogens with one attached hydrogen (secondary N) is 1. The number of ketones is 1. The zero-order valence-electron chi connectivity index (χ0n) is 10.2. The summed E-state index contributed by atoms with van der Waals surface area (Å²) in [6.45, 7) is 0. The molecule has 0 radical (unpaired) electrons. The first-order valence-electron chi connectivity index (χ1n) is 5.74. The van der Waals surface area contributed by atoms with Crippen molar-refractivity contribution in [2.24, 2.45) is 0 Å². The predicted octanol–water partition coefficient (Wildman–Crippen LogP) is 4.54. The van der Waals surface area contributed by atoms with E-state index in [2.05, 4.69) is 21.2 Å². The summed E-state index contributed by atoms with van der Waals surface area (Å²) in [4.78, 5) is 11.8. The Labute approximate surface area is 123 Å². The van der Waals surface area contributed by atoms with Crippen molar-refractivity contribution >= 4 is 27.4 Å². The van der Waals surface area contributed by atoms with Crippen LogP contribution in [0.15, 0.2) is 59.2 Å². The number of anilines is 1. The standard InChI is InChI=1S/C15H10BrF2NO/c16-11-3-1-10(2-4-11)15(20)7-8-19-12-5-6-13(17)14(18)9-12/h1-9,19H/b8-7+. The van der Waals surface area contributed by atoms with Gasteiger partial charge in [0.05, 0.1) is 0 Å². The minimum atomic E-state index is -0.942. The molecule has 0 aliphatic heterocycles. The van der Waals surface area contributed by atoms with Crippen LogP contribution >= 0.6 is 15.9 Å². The van der Waals surface area contributed by atoms with Crippen LogP contribution in [0.4, 0.5) is 14.5 Å². The van der Waals surface area contributed by atoms with E-state index >= 15 is 0 Å². The van der Waals surface area contributed by atoms with Crippen LogP contribution in [-0.2, 0) is 0 Å². The van der Waals surface area contributed by atoms with Crippen molar-refractivity contribution < 1.29 is 13.6 Å². The third-order valence-electron chi connectivity index (χ3n) is 2.53. The molecular weight excluding hydrogens is 328 g/mol. The van der Waals surface area contributed by atoms with Crippen molar-refractivity contribution in [3.63, 3.8) is 0 Å². The topological polar surface area (TPSA) is 29.1 Å². The number of hydrogen-bond donors (Lipinski definition) is 1. The molecule has 0 aliphatic carbocycles. The average molecular weight is 338 g/mol. The second-order valence-electron chi connectivity index (χ2n) is 3.98. The molecule has 0 heterocycles. The second-order valence-corrected chi connectivity index (χ2v) is 4.89. The van der Waals surface area contributed by atoms with Crippen LogP contribution in [0.2, 0.25) is 0 Å². The molecule has 0 fully saturated rings. The van der Waals surface area contributed by atoms with E-state index in [0.29, 0.717) is 11.3 Å². The van der Waals surface area contributed by atoms with Crippen molar-refractivity contribution in [1.29, 1.82) is 0 Å². The van der Waals surface area contributed by atoms with Gasteiger partial charge in [0.25, 0.3) is 0 Å². The molecule has 0 saturated heterocycles. The lowest BCUT2D eigenvalue weighted by atomic mass is 10.1. The van der Waals surface area contributed by atoms with Gasteiger partial charge in [-0.15, -0.1) is 0 Å². The second kappa shape index (κ2) is 6.43. The number of carbonyl (C=O) groups is 1. The van der Waals surface area contributed by atoms with E-state index in [1.807, 2.05) is 0 Å². The van der Waals surface area contributed by atoms with Gasteiger partial charge >= 0.3 is 0 Å². The van der Waals surface area contributed by atoms with Gasteiger partial charge < -0.3 is 5.32 Å². The fourth-order valence-corrected chi connectivity index (χ4v) is 1.77. The maximum Gasteiger partial charge on any atom is 0.187 e. The lowest BCUT2D eigenvalue weighted by Gasteiger charge is -2.01. The molecule has 1 N–H and O–H groups in total. The summed E-state index contributed by atoms with van der Waals surface area (Å²) in [6.07, 6.45) is 2.71. The third-order valence-corrected chi connectivity index (χ3v) is 3.06. The zero-order valence-corrected chi connectivity index (χ0v) is 11.8. The summed E-state index contributed by atoms with van der Waals surface area (Å²) in [5.41, 5.74) is 0.903. The fraction of sp³-hybridized carbons (Fsp3) is 0. The van der Waals surface area contributed by atoms with Gasteiger partial charge in [0.2, 0.25) is 0 Å². The molecule has 0 atom stereocenters. The van der Waals surface area contributed by atoms with Crippen LogP contribution in [0, 0.1) is 11.6 Å². The van der Waals surface area contributed by atoms with Gasteiger partial charge in [-0.2, -0.15) is 0 Å². The first-order valence-corrected chi connectivity index (χ1v) is 6.53. The van der Waals surface area contributed by atoms with Gasteiger partial charge in [-0.3, -0.25) is 4.79 Å². The fourth-order valence-electron chi connectivity index (χ4n) is 1.51. The Kier molecular flexibility index (Phi) is 4.63. The molecule has 0 spiro atoms. The van der Waals surface area contributed by atoms with Crippen molar-refractivity contribution in [3.05, 3.63) is 76.4 Å². The van der Waals surface area contributed by atoms with Crippen LogP contribution in [-0.4, -0.2) is 5.78 Å². The van der Waals surface area contributed by atoms with Gasteiger partial charge in [-0.25, -0.2) is 8.78 Å². The molecule has 2 rings (SSSR count). The van der Waals surface area contributed by atoms with Crippen LogP contribution in [0.1, 0.15) is 10.4 Å². The highest BCUT2D eigenvalue weighted by Gasteiger charge is 2.02. The summed E-state index contributed by atoms with van der Waals surface area (Å²) < 4.78 is 26.6. The molecule has 0 aromatic heterocycles. The Bertz CT molecular complexity index is 653. The number of carbonyl (C=O) groups excluding carboxylic acids is 1. The van der Waals surface area contributed by atoms with Crippen molar-refractivity contribution in [1.82, 2.24) is 0 Å². The average Bonchev–Trinajstić information content (AvgIpc) is 2.43. The van der Waals surface area contributed by atoms with E-state index in [1.165, 1.54) is 18.3 Å². The summed E-state index contributed by atoms with van der Waals surface area (Å²) in [5.74, 6) is -2.04. The van der Waals surface area contributed by atoms with Crippen LogP contribution in [0.5, 0.6) is 0 Å². The highest BCUT2D eigenvalue weighted by Crippen LogP contribution is 2.14. The number of benzene rings is 2. The smallest absolute Gasteiger partial charge is 0.187 e. The molecule has 0 unspecified atom stereocenters. The number of hydrogen-bond acceptors (Lipinski definition) is 2. The van der Waals surface area contributed by atoms with E-state index < -0.39 is 11.6 Å². The Morgan fingerprint density at radius 3 is 2.40 bits per heavy atom. The normalized spacial score (nSPS) is 10.8. The van der Waals surface area contributed by atoms with Crippen molar-refractivity contribution in [2.45, 2.75) is 0 Å². The number of rotatable bonds is 4. The molecule has 0 saturated carbocycles. The predicted molar refractivity (Wildman–Crippen MR) is 77.6 cm³/mol. The van der Waals surface area contributed by atoms with Gasteiger partial charge in [-0.05, 0) is 36.4 Å². The molecule has 20 heavy (non-hydrogen) atoms. The maximum atomic E-state index is 13.0. The zero-order chi connectivity index (χ0) is 14.5. The molecule has 2 aromatic carbocycles. The lowest BCUT2D eigenvalue weighted by Crippen LogP contribution is -1.96. The van der Waals surface area contributed by atoms with E-state index in [1.54, 1.807) is 24.3 Å². The third kappa shape index (κ3) is 3.74. The molecule has 102 valence electrons. The molecule has 0 bridgehead atoms. The van der Waals surface area contributed by atoms with E-state index in [9.17, 15) is 13.6 Å². The van der Waals surface area contributed by atoms with Crippen molar-refractivity contribution in [3.8, 4) is 0 Å². The van der Waals surface area contributed by atoms with Gasteiger partial charge in [0.1, 0.15) is 0 Å². The SMILES string of the molecule is O=C(/C=C/Nc1ccc(F)c(F)c1)c1ccc(Br)cc1. The van der Waals surface area contributed by atoms with Crippen LogP contribution < -0.4 is 5.32 Å². The number of allylic oxidation sites excluding steroid dienone is 1. The van der Waals surface area contributed by atoms with Crippen LogP contribution in [0.25, 0.3) is 0 Å². The molecule has 5 heteroatoms. The summed E-state index contributed by atoms with van der Waals surface area (Å²) in [7, 11) is 0. The monoisotopic (exact) mass is 337 g/mol. The molecule has 0 aliphatic rings. The maximum absolute atomic E-state index is 13.0. The number of halogens is 3. The highest BCUT2D eigenvalue weighted by atomic mass is 79.9. The Balaban J connectivity index is 2.00. The van der Waals surface area contributed by atoms with E-state index in [4.69, 9.17) is 0 Å². The highest BCUT2D eigenvalue weighted by molar-refractivity contribution is 9.10. The van der Waals surface area contributed by atoms with Crippen LogP contribution in [0.3, 0.4) is 0 Å². The summed E-state index contributed by atoms with van der Waals surface area (Å²) >= 11 is 3.28. The quantitative estimate of drug-likeness (QED) is 0.655. The minimum absolute atomic E-state index is 0.187. The Morgan fingerprint density at radius 1 is 1.05 bits per heavy atom. The van der Waals surface area contributed by atoms with Crippen molar-refractivity contribution in [2.75, 3.05) is 5.32 Å². The van der Waals surface area contributed by atoms with Gasteiger partial charge in [0, 0.05) is 34.1 Å². The molecular formula is C15H10BrF2NO. The first-order chi connectivity index (χ1) is 9.56. The van der Waals surface area contributed by atoms with Gasteiger partial charge in [0.15, 0.2) is 17.4 Å². The van der Waals surface area contributed by atoms with E-state index in [0.717, 1.165) is 16.6 Å². The summed E-state index contributed by atoms with van der Waals surface area (Å²) in [5, 5.41) is 2.71. The molecule has 0 amide bonds. The first kappa shape index (κ1) is 14.4. The Morgan fingerprint density at radius 2 is 1.75 bits per heavy atom. The largest absolute Gasteiger partial charge is 0.361 e. The minimum Gasteiger partial charge on any atom is -0.361 e. The summed E-state index contributed by atoms with van der Waals surface area (Å²) in [6, 6.07) is 10.3. The molecule has 2 nitrogen and oxygen atoms in total. The molecule has 2 aromatic rings. The Hall–Kier alpha value is -2.01. The van der Waals surface area contributed by atoms with E-state index in [-0.39, 0.29) is 5.78 Å².